The molecule has 0 aromatic heterocycles. The molecule has 0 fully saturated rings. The van der Waals surface area contributed by atoms with Gasteiger partial charge in [0.15, 0.2) is 0 Å². The summed E-state index contributed by atoms with van der Waals surface area (Å²) in [5.41, 5.74) is 2.77. The summed E-state index contributed by atoms with van der Waals surface area (Å²) < 4.78 is 0. The molecule has 19 heavy (non-hydrogen) atoms. The molecule has 1 atom stereocenters. The Hall–Kier alpha value is -1.31. The molecule has 0 heterocycles. The predicted octanol–water partition coefficient (Wildman–Crippen LogP) is 4.22. The van der Waals surface area contributed by atoms with E-state index < -0.39 is 0 Å². The number of hydrogen-bond acceptors (Lipinski definition) is 1. The topological polar surface area (TPSA) is 12.0 Å². The van der Waals surface area contributed by atoms with Crippen molar-refractivity contribution in [2.45, 2.75) is 32.4 Å². The molecule has 102 valence electrons. The van der Waals surface area contributed by atoms with Crippen LogP contribution in [0.3, 0.4) is 0 Å². The van der Waals surface area contributed by atoms with Gasteiger partial charge < -0.3 is 5.32 Å². The number of rotatable bonds is 6. The SMILES string of the molecule is CC(CCc1ccccc1)NCc1ccccc1.Cl. The molecule has 0 aliphatic heterocycles. The average molecular weight is 276 g/mol. The second-order valence-corrected chi connectivity index (χ2v) is 4.79. The van der Waals surface area contributed by atoms with Gasteiger partial charge in [-0.25, -0.2) is 0 Å². The molecule has 2 aromatic carbocycles. The van der Waals surface area contributed by atoms with Gasteiger partial charge in [0.1, 0.15) is 0 Å². The molecule has 0 saturated carbocycles. The normalized spacial score (nSPS) is 11.6. The quantitative estimate of drug-likeness (QED) is 0.832. The highest BCUT2D eigenvalue weighted by Gasteiger charge is 2.02. The molecule has 1 unspecified atom stereocenters. The van der Waals surface area contributed by atoms with Crippen LogP contribution in [0.25, 0.3) is 0 Å². The zero-order valence-electron chi connectivity index (χ0n) is 11.4. The monoisotopic (exact) mass is 275 g/mol. The summed E-state index contributed by atoms with van der Waals surface area (Å²) in [4.78, 5) is 0. The van der Waals surface area contributed by atoms with Crippen LogP contribution in [0, 0.1) is 0 Å². The molecule has 0 amide bonds. The van der Waals surface area contributed by atoms with E-state index in [2.05, 4.69) is 72.9 Å². The van der Waals surface area contributed by atoms with Crippen LogP contribution < -0.4 is 5.32 Å². The maximum absolute atomic E-state index is 3.57. The van der Waals surface area contributed by atoms with Gasteiger partial charge in [0, 0.05) is 12.6 Å². The van der Waals surface area contributed by atoms with Crippen molar-refractivity contribution in [3.8, 4) is 0 Å². The van der Waals surface area contributed by atoms with Crippen LogP contribution in [0.1, 0.15) is 24.5 Å². The van der Waals surface area contributed by atoms with Crippen molar-refractivity contribution < 1.29 is 0 Å². The second kappa shape index (κ2) is 8.73. The largest absolute Gasteiger partial charge is 0.310 e. The Kier molecular flexibility index (Phi) is 7.24. The first kappa shape index (κ1) is 15.7. The minimum atomic E-state index is 0. The van der Waals surface area contributed by atoms with Crippen molar-refractivity contribution in [2.75, 3.05) is 0 Å². The van der Waals surface area contributed by atoms with Gasteiger partial charge in [-0.2, -0.15) is 0 Å². The Morgan fingerprint density at radius 2 is 1.37 bits per heavy atom. The van der Waals surface area contributed by atoms with E-state index >= 15 is 0 Å². The third-order valence-electron chi connectivity index (χ3n) is 3.21. The first-order chi connectivity index (χ1) is 8.84. The number of halogens is 1. The molecule has 2 aromatic rings. The fourth-order valence-electron chi connectivity index (χ4n) is 2.02. The van der Waals surface area contributed by atoms with E-state index in [1.54, 1.807) is 0 Å². The maximum atomic E-state index is 3.57. The summed E-state index contributed by atoms with van der Waals surface area (Å²) in [6, 6.07) is 21.8. The van der Waals surface area contributed by atoms with Gasteiger partial charge in [-0.3, -0.25) is 0 Å². The van der Waals surface area contributed by atoms with E-state index in [-0.39, 0.29) is 12.4 Å². The molecule has 0 saturated heterocycles. The van der Waals surface area contributed by atoms with Crippen molar-refractivity contribution in [2.24, 2.45) is 0 Å². The summed E-state index contributed by atoms with van der Waals surface area (Å²) in [7, 11) is 0. The van der Waals surface area contributed by atoms with Crippen LogP contribution in [0.4, 0.5) is 0 Å². The lowest BCUT2D eigenvalue weighted by molar-refractivity contribution is 0.514. The molecular formula is C17H22ClN. The van der Waals surface area contributed by atoms with Crippen LogP contribution in [0.2, 0.25) is 0 Å². The van der Waals surface area contributed by atoms with Gasteiger partial charge in [-0.15, -0.1) is 12.4 Å². The minimum Gasteiger partial charge on any atom is -0.310 e. The van der Waals surface area contributed by atoms with Crippen molar-refractivity contribution in [3.05, 3.63) is 71.8 Å². The lowest BCUT2D eigenvalue weighted by Crippen LogP contribution is -2.25. The van der Waals surface area contributed by atoms with E-state index in [9.17, 15) is 0 Å². The van der Waals surface area contributed by atoms with Crippen molar-refractivity contribution >= 4 is 12.4 Å². The first-order valence-electron chi connectivity index (χ1n) is 6.66. The molecule has 0 radical (unpaired) electrons. The molecule has 2 heteroatoms. The van der Waals surface area contributed by atoms with Crippen LogP contribution in [0.15, 0.2) is 60.7 Å². The molecule has 0 bridgehead atoms. The number of aryl methyl sites for hydroxylation is 1. The summed E-state index contributed by atoms with van der Waals surface area (Å²) in [6.45, 7) is 3.21. The van der Waals surface area contributed by atoms with Crippen molar-refractivity contribution in [1.29, 1.82) is 0 Å². The lowest BCUT2D eigenvalue weighted by Gasteiger charge is -2.13. The lowest BCUT2D eigenvalue weighted by atomic mass is 10.1. The summed E-state index contributed by atoms with van der Waals surface area (Å²) >= 11 is 0. The van der Waals surface area contributed by atoms with Crippen LogP contribution >= 0.6 is 12.4 Å². The molecule has 2 rings (SSSR count). The Balaban J connectivity index is 0.00000180. The van der Waals surface area contributed by atoms with Gasteiger partial charge in [0.25, 0.3) is 0 Å². The Bertz CT molecular complexity index is 398. The molecular weight excluding hydrogens is 254 g/mol. The summed E-state index contributed by atoms with van der Waals surface area (Å²) in [5.74, 6) is 0. The van der Waals surface area contributed by atoms with E-state index in [4.69, 9.17) is 0 Å². The Morgan fingerprint density at radius 3 is 1.95 bits per heavy atom. The fraction of sp³-hybridized carbons (Fsp3) is 0.294. The molecule has 1 nitrogen and oxygen atoms in total. The van der Waals surface area contributed by atoms with Crippen LogP contribution in [-0.4, -0.2) is 6.04 Å². The van der Waals surface area contributed by atoms with Gasteiger partial charge in [0.05, 0.1) is 0 Å². The van der Waals surface area contributed by atoms with Crippen molar-refractivity contribution in [1.82, 2.24) is 5.32 Å². The highest BCUT2D eigenvalue weighted by atomic mass is 35.5. The maximum Gasteiger partial charge on any atom is 0.0207 e. The highest BCUT2D eigenvalue weighted by Crippen LogP contribution is 2.05. The molecule has 0 aliphatic carbocycles. The van der Waals surface area contributed by atoms with Crippen molar-refractivity contribution in [3.63, 3.8) is 0 Å². The van der Waals surface area contributed by atoms with Gasteiger partial charge in [-0.05, 0) is 30.9 Å². The smallest absolute Gasteiger partial charge is 0.0207 e. The Labute approximate surface area is 122 Å². The van der Waals surface area contributed by atoms with Crippen LogP contribution in [-0.2, 0) is 13.0 Å². The van der Waals surface area contributed by atoms with Gasteiger partial charge in [0.2, 0.25) is 0 Å². The minimum absolute atomic E-state index is 0. The first-order valence-corrected chi connectivity index (χ1v) is 6.66. The molecule has 1 N–H and O–H groups in total. The fourth-order valence-corrected chi connectivity index (χ4v) is 2.02. The number of nitrogens with one attached hydrogen (secondary N) is 1. The predicted molar refractivity (Wildman–Crippen MR) is 84.8 cm³/mol. The average Bonchev–Trinajstić information content (AvgIpc) is 2.45. The van der Waals surface area contributed by atoms with Crippen LogP contribution in [0.5, 0.6) is 0 Å². The van der Waals surface area contributed by atoms with E-state index in [0.717, 1.165) is 13.0 Å². The molecule has 0 spiro atoms. The van der Waals surface area contributed by atoms with Gasteiger partial charge in [-0.1, -0.05) is 60.7 Å². The van der Waals surface area contributed by atoms with E-state index in [1.165, 1.54) is 17.5 Å². The third kappa shape index (κ3) is 5.91. The second-order valence-electron chi connectivity index (χ2n) is 4.79. The zero-order valence-corrected chi connectivity index (χ0v) is 12.2. The standard InChI is InChI=1S/C17H21N.ClH/c1-15(12-13-16-8-4-2-5-9-16)18-14-17-10-6-3-7-11-17;/h2-11,15,18H,12-14H2,1H3;1H. The zero-order chi connectivity index (χ0) is 12.6. The van der Waals surface area contributed by atoms with E-state index in [1.807, 2.05) is 0 Å². The van der Waals surface area contributed by atoms with E-state index in [0.29, 0.717) is 6.04 Å². The highest BCUT2D eigenvalue weighted by molar-refractivity contribution is 5.85. The third-order valence-corrected chi connectivity index (χ3v) is 3.21. The summed E-state index contributed by atoms with van der Waals surface area (Å²) in [5, 5.41) is 3.57. The number of hydrogen-bond donors (Lipinski definition) is 1. The molecule has 0 aliphatic rings. The Morgan fingerprint density at radius 1 is 0.842 bits per heavy atom. The van der Waals surface area contributed by atoms with Gasteiger partial charge >= 0.3 is 0 Å². The summed E-state index contributed by atoms with van der Waals surface area (Å²) in [6.07, 6.45) is 2.32. The number of benzene rings is 2.